The molecule has 2 aliphatic rings. The van der Waals surface area contributed by atoms with Gasteiger partial charge in [0.2, 0.25) is 5.91 Å². The highest BCUT2D eigenvalue weighted by Crippen LogP contribution is 2.32. The number of guanidine groups is 1. The second-order valence-electron chi connectivity index (χ2n) is 6.48. The van der Waals surface area contributed by atoms with Gasteiger partial charge in [0.25, 0.3) is 0 Å². The number of rotatable bonds is 3. The van der Waals surface area contributed by atoms with Crippen molar-refractivity contribution in [2.75, 3.05) is 7.05 Å². The van der Waals surface area contributed by atoms with Crippen LogP contribution in [0.4, 0.5) is 0 Å². The molecule has 1 amide bonds. The van der Waals surface area contributed by atoms with Crippen LogP contribution in [0.25, 0.3) is 5.57 Å². The molecule has 0 unspecified atom stereocenters. The summed E-state index contributed by atoms with van der Waals surface area (Å²) < 4.78 is 0. The predicted molar refractivity (Wildman–Crippen MR) is 105 cm³/mol. The summed E-state index contributed by atoms with van der Waals surface area (Å²) in [4.78, 5) is 23.8. The topological polar surface area (TPSA) is 71.0 Å². The lowest BCUT2D eigenvalue weighted by Crippen LogP contribution is -2.49. The van der Waals surface area contributed by atoms with Gasteiger partial charge in [0.15, 0.2) is 5.96 Å². The molecule has 6 heteroatoms. The molecule has 0 spiro atoms. The Kier molecular flexibility index (Phi) is 4.72. The average molecular weight is 354 g/mol. The standard InChI is InChI=1S/C19H22N4OS/c1-13(16-5-4-10-25-16)12-21-15-8-6-14(7-9-15)19(2)11-17(24)23(3)18(20)22-19/h4-8,10,12H,9,11H2,1-3H3,(H2,20,22)/b13-12+,21-15?/t19-/m0/s1. The Morgan fingerprint density at radius 3 is 2.88 bits per heavy atom. The van der Waals surface area contributed by atoms with E-state index < -0.39 is 5.54 Å². The first kappa shape index (κ1) is 17.4. The number of nitrogens with two attached hydrogens (primary N) is 1. The molecule has 0 fully saturated rings. The summed E-state index contributed by atoms with van der Waals surface area (Å²) in [6.07, 6.45) is 9.02. The predicted octanol–water partition coefficient (Wildman–Crippen LogP) is 3.37. The van der Waals surface area contributed by atoms with Crippen molar-refractivity contribution >= 4 is 34.5 Å². The van der Waals surface area contributed by atoms with Gasteiger partial charge < -0.3 is 5.73 Å². The molecule has 1 atom stereocenters. The molecule has 5 nitrogen and oxygen atoms in total. The molecule has 1 aliphatic heterocycles. The molecule has 0 aromatic carbocycles. The third-order valence-corrected chi connectivity index (χ3v) is 5.52. The Labute approximate surface area is 152 Å². The van der Waals surface area contributed by atoms with E-state index in [0.717, 1.165) is 23.3 Å². The average Bonchev–Trinajstić information content (AvgIpc) is 3.12. The van der Waals surface area contributed by atoms with E-state index in [1.807, 2.05) is 31.3 Å². The molecular weight excluding hydrogens is 332 g/mol. The summed E-state index contributed by atoms with van der Waals surface area (Å²) in [5.74, 6) is 0.250. The first-order valence-corrected chi connectivity index (χ1v) is 9.05. The maximum atomic E-state index is 12.1. The van der Waals surface area contributed by atoms with Crippen molar-refractivity contribution in [2.24, 2.45) is 15.7 Å². The lowest BCUT2D eigenvalue weighted by atomic mass is 9.84. The van der Waals surface area contributed by atoms with Gasteiger partial charge in [0.1, 0.15) is 0 Å². The zero-order valence-corrected chi connectivity index (χ0v) is 15.5. The Morgan fingerprint density at radius 2 is 2.28 bits per heavy atom. The summed E-state index contributed by atoms with van der Waals surface area (Å²) in [6.45, 7) is 4.01. The Bertz CT molecular complexity index is 830. The maximum absolute atomic E-state index is 12.1. The van der Waals surface area contributed by atoms with Crippen molar-refractivity contribution in [2.45, 2.75) is 32.2 Å². The highest BCUT2D eigenvalue weighted by molar-refractivity contribution is 7.11. The van der Waals surface area contributed by atoms with Crippen molar-refractivity contribution in [3.8, 4) is 0 Å². The van der Waals surface area contributed by atoms with Crippen molar-refractivity contribution in [3.63, 3.8) is 0 Å². The summed E-state index contributed by atoms with van der Waals surface area (Å²) in [6, 6.07) is 4.13. The van der Waals surface area contributed by atoms with Crippen molar-refractivity contribution in [1.29, 1.82) is 0 Å². The van der Waals surface area contributed by atoms with Crippen LogP contribution in [0.3, 0.4) is 0 Å². The van der Waals surface area contributed by atoms with E-state index in [2.05, 4.69) is 34.4 Å². The number of carbonyl (C=O) groups excluding carboxylic acids is 1. The molecular formula is C19H22N4OS. The summed E-state index contributed by atoms with van der Waals surface area (Å²) in [5, 5.41) is 2.06. The fourth-order valence-electron chi connectivity index (χ4n) is 2.85. The molecule has 1 aliphatic carbocycles. The third-order valence-electron chi connectivity index (χ3n) is 4.52. The number of thiophene rings is 1. The molecule has 0 bridgehead atoms. The van der Waals surface area contributed by atoms with E-state index in [4.69, 9.17) is 5.73 Å². The van der Waals surface area contributed by atoms with Gasteiger partial charge in [-0.3, -0.25) is 14.7 Å². The summed E-state index contributed by atoms with van der Waals surface area (Å²) in [5.41, 5.74) is 8.42. The highest BCUT2D eigenvalue weighted by atomic mass is 32.1. The minimum absolute atomic E-state index is 0.0155. The van der Waals surface area contributed by atoms with Crippen LogP contribution in [0.1, 0.15) is 31.6 Å². The van der Waals surface area contributed by atoms with E-state index in [1.165, 1.54) is 9.78 Å². The minimum atomic E-state index is -0.599. The molecule has 2 heterocycles. The van der Waals surface area contributed by atoms with Crippen LogP contribution in [0.2, 0.25) is 0 Å². The van der Waals surface area contributed by atoms with E-state index in [0.29, 0.717) is 6.42 Å². The zero-order chi connectivity index (χ0) is 18.0. The molecule has 25 heavy (non-hydrogen) atoms. The quantitative estimate of drug-likeness (QED) is 0.904. The summed E-state index contributed by atoms with van der Waals surface area (Å²) >= 11 is 1.71. The Morgan fingerprint density at radius 1 is 1.48 bits per heavy atom. The Balaban J connectivity index is 1.75. The van der Waals surface area contributed by atoms with Crippen LogP contribution in [0.5, 0.6) is 0 Å². The van der Waals surface area contributed by atoms with Gasteiger partial charge in [-0.1, -0.05) is 18.2 Å². The molecule has 1 aromatic heterocycles. The lowest BCUT2D eigenvalue weighted by Gasteiger charge is -2.34. The van der Waals surface area contributed by atoms with Crippen LogP contribution in [-0.2, 0) is 4.79 Å². The third kappa shape index (κ3) is 3.64. The molecule has 3 rings (SSSR count). The normalized spacial score (nSPS) is 26.0. The second-order valence-corrected chi connectivity index (χ2v) is 7.43. The molecule has 130 valence electrons. The van der Waals surface area contributed by atoms with E-state index in [-0.39, 0.29) is 11.9 Å². The van der Waals surface area contributed by atoms with Gasteiger partial charge in [0, 0.05) is 30.3 Å². The van der Waals surface area contributed by atoms with Crippen LogP contribution < -0.4 is 5.73 Å². The highest BCUT2D eigenvalue weighted by Gasteiger charge is 2.37. The number of hydrogen-bond acceptors (Lipinski definition) is 5. The van der Waals surface area contributed by atoms with Crippen LogP contribution >= 0.6 is 11.3 Å². The molecule has 0 saturated heterocycles. The maximum Gasteiger partial charge on any atom is 0.231 e. The number of nitrogens with zero attached hydrogens (tertiary/aromatic N) is 3. The zero-order valence-electron chi connectivity index (χ0n) is 14.7. The lowest BCUT2D eigenvalue weighted by molar-refractivity contribution is -0.128. The molecule has 0 saturated carbocycles. The van der Waals surface area contributed by atoms with Crippen molar-refractivity contribution < 1.29 is 4.79 Å². The fourth-order valence-corrected chi connectivity index (χ4v) is 3.55. The van der Waals surface area contributed by atoms with Gasteiger partial charge >= 0.3 is 0 Å². The van der Waals surface area contributed by atoms with Gasteiger partial charge in [-0.05, 0) is 42.5 Å². The van der Waals surface area contributed by atoms with Crippen molar-refractivity contribution in [1.82, 2.24) is 4.90 Å². The number of allylic oxidation sites excluding steroid dienone is 3. The van der Waals surface area contributed by atoms with Crippen LogP contribution in [0, 0.1) is 0 Å². The number of carbonyl (C=O) groups is 1. The van der Waals surface area contributed by atoms with E-state index >= 15 is 0 Å². The number of aliphatic imine (C=N–C) groups is 2. The molecule has 0 radical (unpaired) electrons. The van der Waals surface area contributed by atoms with Crippen LogP contribution in [-0.4, -0.2) is 35.1 Å². The SMILES string of the molecule is C/C(=C\N=C1C=CC([C@]2(C)CC(=O)N(C)C(N)=N2)=CC1)c1cccs1. The monoisotopic (exact) mass is 354 g/mol. The van der Waals surface area contributed by atoms with Gasteiger partial charge in [0.05, 0.1) is 12.0 Å². The second kappa shape index (κ2) is 6.80. The molecule has 1 aromatic rings. The summed E-state index contributed by atoms with van der Waals surface area (Å²) in [7, 11) is 1.65. The van der Waals surface area contributed by atoms with E-state index in [9.17, 15) is 4.79 Å². The first-order chi connectivity index (χ1) is 11.9. The Hall–Kier alpha value is -2.47. The first-order valence-electron chi connectivity index (χ1n) is 8.17. The fraction of sp³-hybridized carbons (Fsp3) is 0.316. The smallest absolute Gasteiger partial charge is 0.231 e. The van der Waals surface area contributed by atoms with E-state index in [1.54, 1.807) is 18.4 Å². The molecule has 2 N–H and O–H groups in total. The largest absolute Gasteiger partial charge is 0.369 e. The van der Waals surface area contributed by atoms with Gasteiger partial charge in [-0.25, -0.2) is 4.99 Å². The van der Waals surface area contributed by atoms with Gasteiger partial charge in [-0.2, -0.15) is 0 Å². The van der Waals surface area contributed by atoms with Gasteiger partial charge in [-0.15, -0.1) is 11.3 Å². The van der Waals surface area contributed by atoms with Crippen LogP contribution in [0.15, 0.2) is 57.5 Å². The number of hydrogen-bond donors (Lipinski definition) is 1. The number of amides is 1. The van der Waals surface area contributed by atoms with Crippen molar-refractivity contribution in [3.05, 3.63) is 52.4 Å². The minimum Gasteiger partial charge on any atom is -0.369 e.